The van der Waals surface area contributed by atoms with Gasteiger partial charge < -0.3 is 9.80 Å². The first-order valence-corrected chi connectivity index (χ1v) is 11.9. The van der Waals surface area contributed by atoms with Crippen molar-refractivity contribution in [2.75, 3.05) is 18.0 Å². The Bertz CT molecular complexity index is 1240. The number of nitriles is 1. The Morgan fingerprint density at radius 2 is 1.97 bits per heavy atom. The number of hydrogen-bond acceptors (Lipinski definition) is 5. The maximum atomic E-state index is 13.4. The molecule has 4 heterocycles. The number of carbonyl (C=O) groups is 1. The van der Waals surface area contributed by atoms with Crippen molar-refractivity contribution in [1.82, 2.24) is 14.9 Å². The highest BCUT2D eigenvalue weighted by Crippen LogP contribution is 2.46. The molecule has 0 radical (unpaired) electrons. The van der Waals surface area contributed by atoms with E-state index in [1.807, 2.05) is 24.5 Å². The van der Waals surface area contributed by atoms with Gasteiger partial charge in [-0.15, -0.1) is 0 Å². The van der Waals surface area contributed by atoms with Crippen LogP contribution in [-0.2, 0) is 4.79 Å². The van der Waals surface area contributed by atoms with E-state index in [4.69, 9.17) is 5.26 Å². The van der Waals surface area contributed by atoms with Gasteiger partial charge in [0.15, 0.2) is 0 Å². The van der Waals surface area contributed by atoms with Gasteiger partial charge in [0.25, 0.3) is 0 Å². The molecule has 166 valence electrons. The molecular formula is C27H27N5O. The van der Waals surface area contributed by atoms with Crippen LogP contribution in [-0.4, -0.2) is 45.9 Å². The number of benzene rings is 1. The van der Waals surface area contributed by atoms with Crippen molar-refractivity contribution >= 4 is 22.5 Å². The third-order valence-electron chi connectivity index (χ3n) is 7.98. The van der Waals surface area contributed by atoms with E-state index in [2.05, 4.69) is 57.0 Å². The quantitative estimate of drug-likeness (QED) is 0.616. The molecule has 6 rings (SSSR count). The van der Waals surface area contributed by atoms with Crippen molar-refractivity contribution in [3.8, 4) is 6.07 Å². The maximum Gasteiger partial charge on any atom is 0.225 e. The molecule has 1 aliphatic carbocycles. The lowest BCUT2D eigenvalue weighted by atomic mass is 9.70. The number of nitrogens with zero attached hydrogens (tertiary/aromatic N) is 5. The van der Waals surface area contributed by atoms with E-state index in [0.717, 1.165) is 38.2 Å². The summed E-state index contributed by atoms with van der Waals surface area (Å²) in [7, 11) is 0. The summed E-state index contributed by atoms with van der Waals surface area (Å²) in [5.74, 6) is 2.34. The summed E-state index contributed by atoms with van der Waals surface area (Å²) in [6.07, 6.45) is 8.36. The van der Waals surface area contributed by atoms with Crippen molar-refractivity contribution in [2.45, 2.75) is 44.2 Å². The Balaban J connectivity index is 1.14. The smallest absolute Gasteiger partial charge is 0.225 e. The first-order chi connectivity index (χ1) is 16.1. The van der Waals surface area contributed by atoms with Crippen LogP contribution in [0, 0.1) is 23.2 Å². The van der Waals surface area contributed by atoms with E-state index in [1.165, 1.54) is 16.3 Å². The number of anilines is 1. The lowest BCUT2D eigenvalue weighted by molar-refractivity contribution is -0.139. The molecule has 3 fully saturated rings. The SMILES string of the molecule is C[C@H]1CC2CN(C(=O)C3CC(c4cccc5cnccc45)C3)CC1N2c1ccc(C#N)cn1. The van der Waals surface area contributed by atoms with Crippen LogP contribution in [0.25, 0.3) is 10.8 Å². The standard InChI is InChI=1S/C27H27N5O/c1-17-9-22-15-31(16-25(17)32(22)26-6-5-18(12-28)13-30-26)27(33)21-10-20(11-21)23-4-2-3-19-14-29-8-7-24(19)23/h2-8,13-14,17,20-22,25H,9-11,15-16H2,1H3/t17-,20?,21?,22?,25?/m0/s1. The summed E-state index contributed by atoms with van der Waals surface area (Å²) in [6, 6.07) is 15.0. The van der Waals surface area contributed by atoms with Crippen molar-refractivity contribution in [3.05, 3.63) is 66.1 Å². The summed E-state index contributed by atoms with van der Waals surface area (Å²) in [4.78, 5) is 26.7. The van der Waals surface area contributed by atoms with Gasteiger partial charge in [-0.1, -0.05) is 25.1 Å². The highest BCUT2D eigenvalue weighted by Gasteiger charge is 2.48. The second-order valence-electron chi connectivity index (χ2n) is 9.91. The van der Waals surface area contributed by atoms with Gasteiger partial charge in [-0.05, 0) is 60.2 Å². The molecule has 2 aromatic heterocycles. The van der Waals surface area contributed by atoms with Gasteiger partial charge in [-0.2, -0.15) is 5.26 Å². The van der Waals surface area contributed by atoms with E-state index >= 15 is 0 Å². The number of fused-ring (bicyclic) bond motifs is 3. The lowest BCUT2D eigenvalue weighted by Crippen LogP contribution is -2.58. The summed E-state index contributed by atoms with van der Waals surface area (Å²) >= 11 is 0. The molecule has 3 atom stereocenters. The Morgan fingerprint density at radius 1 is 1.09 bits per heavy atom. The number of aromatic nitrogens is 2. The number of hydrogen-bond donors (Lipinski definition) is 0. The van der Waals surface area contributed by atoms with Crippen LogP contribution < -0.4 is 4.90 Å². The topological polar surface area (TPSA) is 73.1 Å². The molecule has 2 unspecified atom stereocenters. The third kappa shape index (κ3) is 3.34. The molecule has 1 amide bonds. The Morgan fingerprint density at radius 3 is 2.73 bits per heavy atom. The fourth-order valence-corrected chi connectivity index (χ4v) is 6.21. The molecule has 2 saturated heterocycles. The van der Waals surface area contributed by atoms with Gasteiger partial charge in [0, 0.05) is 49.0 Å². The van der Waals surface area contributed by atoms with Crippen LogP contribution in [0.3, 0.4) is 0 Å². The van der Waals surface area contributed by atoms with Crippen LogP contribution in [0.15, 0.2) is 55.0 Å². The minimum absolute atomic E-state index is 0.126. The normalized spacial score (nSPS) is 28.4. The van der Waals surface area contributed by atoms with Crippen molar-refractivity contribution in [2.24, 2.45) is 11.8 Å². The highest BCUT2D eigenvalue weighted by molar-refractivity contribution is 5.86. The zero-order chi connectivity index (χ0) is 22.5. The van der Waals surface area contributed by atoms with E-state index in [-0.39, 0.29) is 12.0 Å². The van der Waals surface area contributed by atoms with Gasteiger partial charge in [0.05, 0.1) is 11.6 Å². The van der Waals surface area contributed by atoms with Crippen LogP contribution in [0.4, 0.5) is 5.82 Å². The van der Waals surface area contributed by atoms with Crippen molar-refractivity contribution in [3.63, 3.8) is 0 Å². The molecule has 3 aliphatic rings. The molecule has 2 bridgehead atoms. The fourth-order valence-electron chi connectivity index (χ4n) is 6.21. The zero-order valence-electron chi connectivity index (χ0n) is 18.8. The Labute approximate surface area is 193 Å². The predicted molar refractivity (Wildman–Crippen MR) is 127 cm³/mol. The minimum Gasteiger partial charge on any atom is -0.347 e. The van der Waals surface area contributed by atoms with Gasteiger partial charge in [-0.3, -0.25) is 9.78 Å². The largest absolute Gasteiger partial charge is 0.347 e. The molecule has 33 heavy (non-hydrogen) atoms. The zero-order valence-corrected chi connectivity index (χ0v) is 18.8. The first-order valence-electron chi connectivity index (χ1n) is 11.9. The number of rotatable bonds is 3. The van der Waals surface area contributed by atoms with Crippen molar-refractivity contribution in [1.29, 1.82) is 5.26 Å². The van der Waals surface area contributed by atoms with Crippen LogP contribution in [0.2, 0.25) is 0 Å². The number of likely N-dealkylation sites (tertiary alicyclic amines) is 1. The predicted octanol–water partition coefficient (Wildman–Crippen LogP) is 4.12. The molecule has 1 aromatic carbocycles. The summed E-state index contributed by atoms with van der Waals surface area (Å²) in [5.41, 5.74) is 1.93. The molecule has 0 spiro atoms. The molecule has 6 heteroatoms. The maximum absolute atomic E-state index is 13.4. The molecular weight excluding hydrogens is 410 g/mol. The monoisotopic (exact) mass is 437 g/mol. The third-order valence-corrected chi connectivity index (χ3v) is 7.98. The number of amides is 1. The second kappa shape index (κ2) is 7.84. The fraction of sp³-hybridized carbons (Fsp3) is 0.407. The Hall–Kier alpha value is -3.46. The highest BCUT2D eigenvalue weighted by atomic mass is 16.2. The summed E-state index contributed by atoms with van der Waals surface area (Å²) in [6.45, 7) is 3.81. The molecule has 6 nitrogen and oxygen atoms in total. The van der Waals surface area contributed by atoms with Gasteiger partial charge >= 0.3 is 0 Å². The van der Waals surface area contributed by atoms with Gasteiger partial charge in [0.1, 0.15) is 11.9 Å². The van der Waals surface area contributed by atoms with Gasteiger partial charge in [-0.25, -0.2) is 4.98 Å². The molecule has 0 N–H and O–H groups in total. The number of pyridine rings is 2. The number of piperazine rings is 1. The lowest BCUT2D eigenvalue weighted by Gasteiger charge is -2.45. The average molecular weight is 438 g/mol. The van der Waals surface area contributed by atoms with Crippen LogP contribution >= 0.6 is 0 Å². The molecule has 2 aliphatic heterocycles. The van der Waals surface area contributed by atoms with E-state index in [9.17, 15) is 4.79 Å². The molecule has 1 saturated carbocycles. The Kier molecular flexibility index (Phi) is 4.79. The van der Waals surface area contributed by atoms with E-state index < -0.39 is 0 Å². The van der Waals surface area contributed by atoms with Gasteiger partial charge in [0.2, 0.25) is 5.91 Å². The van der Waals surface area contributed by atoms with E-state index in [1.54, 1.807) is 6.20 Å². The van der Waals surface area contributed by atoms with Crippen molar-refractivity contribution < 1.29 is 4.79 Å². The van der Waals surface area contributed by atoms with E-state index in [0.29, 0.717) is 29.3 Å². The average Bonchev–Trinajstić information content (AvgIpc) is 3.02. The number of carbonyl (C=O) groups excluding carboxylic acids is 1. The first kappa shape index (κ1) is 20.2. The second-order valence-corrected chi connectivity index (χ2v) is 9.91. The molecule has 3 aromatic rings. The summed E-state index contributed by atoms with van der Waals surface area (Å²) in [5, 5.41) is 11.5. The van der Waals surface area contributed by atoms with Crippen LogP contribution in [0.1, 0.15) is 43.2 Å². The minimum atomic E-state index is 0.126. The summed E-state index contributed by atoms with van der Waals surface area (Å²) < 4.78 is 0. The van der Waals surface area contributed by atoms with Crippen LogP contribution in [0.5, 0.6) is 0 Å².